The predicted octanol–water partition coefficient (Wildman–Crippen LogP) is 4.64. The van der Waals surface area contributed by atoms with Crippen LogP contribution in [-0.2, 0) is 6.54 Å². The number of ether oxygens (including phenoxy) is 3. The zero-order valence-electron chi connectivity index (χ0n) is 14.8. The van der Waals surface area contributed by atoms with Crippen molar-refractivity contribution in [2.24, 2.45) is 0 Å². The van der Waals surface area contributed by atoms with Crippen molar-refractivity contribution in [2.75, 3.05) is 21.3 Å². The fraction of sp³-hybridized carbons (Fsp3) is 0.278. The van der Waals surface area contributed by atoms with Crippen molar-refractivity contribution in [1.82, 2.24) is 4.90 Å². The van der Waals surface area contributed by atoms with Crippen LogP contribution in [-0.4, -0.2) is 38.4 Å². The lowest BCUT2D eigenvalue weighted by Gasteiger charge is -2.19. The molecule has 0 N–H and O–H groups in total. The fourth-order valence-corrected chi connectivity index (χ4v) is 2.91. The molecular formula is C18H17BrF3NO4. The molecule has 0 radical (unpaired) electrons. The summed E-state index contributed by atoms with van der Waals surface area (Å²) in [4.78, 5) is 14.1. The molecule has 0 heterocycles. The minimum Gasteiger partial charge on any atom is -0.495 e. The maximum absolute atomic E-state index is 12.7. The number of alkyl halides is 3. The third-order valence-electron chi connectivity index (χ3n) is 3.62. The van der Waals surface area contributed by atoms with Crippen molar-refractivity contribution in [3.8, 4) is 17.2 Å². The summed E-state index contributed by atoms with van der Waals surface area (Å²) in [5.41, 5.74) is 1.00. The standard InChI is InChI=1S/C18H17BrF3NO4/c1-23(10-11-4-6-13(7-5-11)27-18(20,21)22)17(24)12-8-14(25-2)16(19)15(9-12)26-3/h4-9H,10H2,1-3H3. The zero-order valence-corrected chi connectivity index (χ0v) is 16.3. The monoisotopic (exact) mass is 447 g/mol. The Morgan fingerprint density at radius 3 is 2.04 bits per heavy atom. The Morgan fingerprint density at radius 2 is 1.59 bits per heavy atom. The molecule has 9 heteroatoms. The first kappa shape index (κ1) is 20.9. The first-order valence-corrected chi connectivity index (χ1v) is 8.45. The molecule has 0 saturated heterocycles. The summed E-state index contributed by atoms with van der Waals surface area (Å²) in [7, 11) is 4.54. The lowest BCUT2D eigenvalue weighted by Crippen LogP contribution is -2.26. The van der Waals surface area contributed by atoms with Gasteiger partial charge in [-0.3, -0.25) is 4.79 Å². The van der Waals surface area contributed by atoms with Gasteiger partial charge in [0.05, 0.1) is 14.2 Å². The highest BCUT2D eigenvalue weighted by molar-refractivity contribution is 9.10. The molecule has 146 valence electrons. The molecule has 0 saturated carbocycles. The van der Waals surface area contributed by atoms with Crippen molar-refractivity contribution in [1.29, 1.82) is 0 Å². The van der Waals surface area contributed by atoms with Crippen LogP contribution in [0, 0.1) is 0 Å². The molecule has 2 rings (SSSR count). The number of amides is 1. The minimum absolute atomic E-state index is 0.200. The Bertz CT molecular complexity index is 784. The molecule has 0 aliphatic rings. The Hall–Kier alpha value is -2.42. The van der Waals surface area contributed by atoms with Gasteiger partial charge in [0.2, 0.25) is 0 Å². The highest BCUT2D eigenvalue weighted by Crippen LogP contribution is 2.36. The van der Waals surface area contributed by atoms with Crippen LogP contribution in [0.3, 0.4) is 0 Å². The topological polar surface area (TPSA) is 48.0 Å². The molecule has 0 aromatic heterocycles. The third kappa shape index (κ3) is 5.53. The van der Waals surface area contributed by atoms with Crippen molar-refractivity contribution in [3.63, 3.8) is 0 Å². The van der Waals surface area contributed by atoms with E-state index in [1.807, 2.05) is 0 Å². The highest BCUT2D eigenvalue weighted by atomic mass is 79.9. The highest BCUT2D eigenvalue weighted by Gasteiger charge is 2.31. The number of hydrogen-bond acceptors (Lipinski definition) is 4. The molecule has 0 fully saturated rings. The molecule has 5 nitrogen and oxygen atoms in total. The van der Waals surface area contributed by atoms with Gasteiger partial charge in [0.1, 0.15) is 21.7 Å². The summed E-state index contributed by atoms with van der Waals surface area (Å²) in [6, 6.07) is 8.48. The number of rotatable bonds is 6. The second-order valence-corrected chi connectivity index (χ2v) is 6.34. The first-order chi connectivity index (χ1) is 12.6. The van der Waals surface area contributed by atoms with Crippen molar-refractivity contribution in [3.05, 3.63) is 52.0 Å². The number of carbonyl (C=O) groups excluding carboxylic acids is 1. The molecule has 0 bridgehead atoms. The van der Waals surface area contributed by atoms with Gasteiger partial charge in [-0.2, -0.15) is 0 Å². The average molecular weight is 448 g/mol. The maximum Gasteiger partial charge on any atom is 0.573 e. The molecule has 0 atom stereocenters. The van der Waals surface area contributed by atoms with Gasteiger partial charge in [-0.05, 0) is 45.8 Å². The molecule has 0 aliphatic carbocycles. The molecule has 27 heavy (non-hydrogen) atoms. The SMILES string of the molecule is COc1cc(C(=O)N(C)Cc2ccc(OC(F)(F)F)cc2)cc(OC)c1Br. The largest absolute Gasteiger partial charge is 0.573 e. The first-order valence-electron chi connectivity index (χ1n) is 7.66. The predicted molar refractivity (Wildman–Crippen MR) is 96.2 cm³/mol. The quantitative estimate of drug-likeness (QED) is 0.647. The van der Waals surface area contributed by atoms with E-state index in [1.54, 1.807) is 19.2 Å². The molecule has 0 spiro atoms. The number of methoxy groups -OCH3 is 2. The third-order valence-corrected chi connectivity index (χ3v) is 4.40. The number of halogens is 4. The van der Waals surface area contributed by atoms with E-state index >= 15 is 0 Å². The van der Waals surface area contributed by atoms with E-state index in [4.69, 9.17) is 9.47 Å². The summed E-state index contributed by atoms with van der Waals surface area (Å²) in [6.07, 6.45) is -4.74. The maximum atomic E-state index is 12.7. The van der Waals surface area contributed by atoms with E-state index in [-0.39, 0.29) is 18.2 Å². The molecule has 0 unspecified atom stereocenters. The van der Waals surface area contributed by atoms with Crippen LogP contribution in [0.2, 0.25) is 0 Å². The summed E-state index contributed by atoms with van der Waals surface area (Å²) in [6.45, 7) is 0.200. The van der Waals surface area contributed by atoms with Gasteiger partial charge in [-0.25, -0.2) is 0 Å². The molecule has 1 amide bonds. The number of hydrogen-bond donors (Lipinski definition) is 0. The second-order valence-electron chi connectivity index (χ2n) is 5.55. The van der Waals surface area contributed by atoms with Gasteiger partial charge in [-0.15, -0.1) is 13.2 Å². The normalized spacial score (nSPS) is 11.1. The van der Waals surface area contributed by atoms with Crippen LogP contribution in [0.4, 0.5) is 13.2 Å². The summed E-state index contributed by atoms with van der Waals surface area (Å²) >= 11 is 3.34. The number of carbonyl (C=O) groups is 1. The van der Waals surface area contributed by atoms with Crippen LogP contribution in [0.1, 0.15) is 15.9 Å². The Kier molecular flexibility index (Phi) is 6.59. The molecular weight excluding hydrogens is 431 g/mol. The van der Waals surface area contributed by atoms with Crippen LogP contribution in [0.25, 0.3) is 0 Å². The van der Waals surface area contributed by atoms with E-state index in [0.717, 1.165) is 0 Å². The Labute approximate surface area is 162 Å². The fourth-order valence-electron chi connectivity index (χ4n) is 2.36. The minimum atomic E-state index is -4.74. The second kappa shape index (κ2) is 8.51. The molecule has 2 aromatic rings. The zero-order chi connectivity index (χ0) is 20.2. The van der Waals surface area contributed by atoms with Crippen molar-refractivity contribution in [2.45, 2.75) is 12.9 Å². The van der Waals surface area contributed by atoms with Crippen LogP contribution < -0.4 is 14.2 Å². The van der Waals surface area contributed by atoms with Crippen LogP contribution >= 0.6 is 15.9 Å². The summed E-state index contributed by atoms with van der Waals surface area (Å²) in [5.74, 6) is 0.275. The van der Waals surface area contributed by atoms with Crippen molar-refractivity contribution >= 4 is 21.8 Å². The van der Waals surface area contributed by atoms with Crippen molar-refractivity contribution < 1.29 is 32.2 Å². The van der Waals surface area contributed by atoms with E-state index in [0.29, 0.717) is 27.1 Å². The van der Waals surface area contributed by atoms with E-state index < -0.39 is 6.36 Å². The van der Waals surface area contributed by atoms with Crippen LogP contribution in [0.15, 0.2) is 40.9 Å². The van der Waals surface area contributed by atoms with E-state index in [1.165, 1.54) is 43.4 Å². The lowest BCUT2D eigenvalue weighted by atomic mass is 10.1. The number of benzene rings is 2. The Balaban J connectivity index is 2.14. The van der Waals surface area contributed by atoms with Gasteiger partial charge in [0.25, 0.3) is 5.91 Å². The molecule has 0 aliphatic heterocycles. The van der Waals surface area contributed by atoms with Gasteiger partial charge >= 0.3 is 6.36 Å². The van der Waals surface area contributed by atoms with E-state index in [9.17, 15) is 18.0 Å². The Morgan fingerprint density at radius 1 is 1.07 bits per heavy atom. The van der Waals surface area contributed by atoms with Crippen LogP contribution in [0.5, 0.6) is 17.2 Å². The smallest absolute Gasteiger partial charge is 0.495 e. The van der Waals surface area contributed by atoms with Gasteiger partial charge < -0.3 is 19.1 Å². The average Bonchev–Trinajstić information content (AvgIpc) is 2.61. The van der Waals surface area contributed by atoms with Gasteiger partial charge in [0, 0.05) is 19.2 Å². The van der Waals surface area contributed by atoms with Gasteiger partial charge in [0.15, 0.2) is 0 Å². The summed E-state index contributed by atoms with van der Waals surface area (Å²) in [5, 5.41) is 0. The molecule has 2 aromatic carbocycles. The lowest BCUT2D eigenvalue weighted by molar-refractivity contribution is -0.274. The van der Waals surface area contributed by atoms with E-state index in [2.05, 4.69) is 20.7 Å². The van der Waals surface area contributed by atoms with Gasteiger partial charge in [-0.1, -0.05) is 12.1 Å². The summed E-state index contributed by atoms with van der Waals surface area (Å²) < 4.78 is 51.5. The number of nitrogens with zero attached hydrogens (tertiary/aromatic N) is 1.